The first-order valence-electron chi connectivity index (χ1n) is 6.47. The number of nitrogens with zero attached hydrogens (tertiary/aromatic N) is 2. The van der Waals surface area contributed by atoms with Crippen LogP contribution in [0.5, 0.6) is 0 Å². The molecular weight excluding hydrogens is 272 g/mol. The number of aromatic nitrogens is 2. The summed E-state index contributed by atoms with van der Waals surface area (Å²) in [6.07, 6.45) is 3.62. The van der Waals surface area contributed by atoms with Gasteiger partial charge in [-0.2, -0.15) is 5.10 Å². The van der Waals surface area contributed by atoms with Gasteiger partial charge in [-0.05, 0) is 11.6 Å². The fourth-order valence-corrected chi connectivity index (χ4v) is 3.39. The molecule has 20 heavy (non-hydrogen) atoms. The van der Waals surface area contributed by atoms with Crippen LogP contribution in [0.4, 0.5) is 5.69 Å². The van der Waals surface area contributed by atoms with Crippen LogP contribution >= 0.6 is 11.8 Å². The van der Waals surface area contributed by atoms with Crippen molar-refractivity contribution in [3.63, 3.8) is 0 Å². The lowest BCUT2D eigenvalue weighted by atomic mass is 10.1. The summed E-state index contributed by atoms with van der Waals surface area (Å²) in [5.74, 6) is 0.960. The molecule has 2 N–H and O–H groups in total. The zero-order valence-corrected chi connectivity index (χ0v) is 12.0. The number of anilines is 1. The highest BCUT2D eigenvalue weighted by molar-refractivity contribution is 7.99. The molecule has 1 aromatic heterocycles. The van der Waals surface area contributed by atoms with Crippen LogP contribution in [0, 0.1) is 0 Å². The van der Waals surface area contributed by atoms with Crippen LogP contribution in [0.25, 0.3) is 0 Å². The Morgan fingerprint density at radius 2 is 2.35 bits per heavy atom. The Morgan fingerprint density at radius 3 is 3.20 bits per heavy atom. The van der Waals surface area contributed by atoms with Gasteiger partial charge in [-0.3, -0.25) is 9.48 Å². The standard InChI is InChI=1S/C14H16N4OS/c1-15-14(19)8-18-7-10(6-16-18)17-12-9-20-13-5-3-2-4-11(12)13/h2-7,12,17H,8-9H2,1H3,(H,15,19). The van der Waals surface area contributed by atoms with Gasteiger partial charge < -0.3 is 10.6 Å². The zero-order chi connectivity index (χ0) is 13.9. The van der Waals surface area contributed by atoms with E-state index in [1.54, 1.807) is 17.9 Å². The van der Waals surface area contributed by atoms with E-state index in [2.05, 4.69) is 40.0 Å². The Morgan fingerprint density at radius 1 is 1.50 bits per heavy atom. The number of rotatable bonds is 4. The van der Waals surface area contributed by atoms with Crippen molar-refractivity contribution in [2.45, 2.75) is 17.5 Å². The molecule has 0 saturated heterocycles. The molecule has 2 aromatic rings. The highest BCUT2D eigenvalue weighted by Gasteiger charge is 2.22. The molecule has 2 heterocycles. The number of hydrogen-bond acceptors (Lipinski definition) is 4. The predicted molar refractivity (Wildman–Crippen MR) is 79.8 cm³/mol. The van der Waals surface area contributed by atoms with Gasteiger partial charge in [0.2, 0.25) is 5.91 Å². The SMILES string of the molecule is CNC(=O)Cn1cc(NC2CSc3ccccc32)cn1. The fourth-order valence-electron chi connectivity index (χ4n) is 2.23. The molecule has 5 nitrogen and oxygen atoms in total. The van der Waals surface area contributed by atoms with Gasteiger partial charge in [0, 0.05) is 23.9 Å². The summed E-state index contributed by atoms with van der Waals surface area (Å²) in [7, 11) is 1.62. The Balaban J connectivity index is 1.69. The van der Waals surface area contributed by atoms with Gasteiger partial charge in [-0.1, -0.05) is 18.2 Å². The van der Waals surface area contributed by atoms with Gasteiger partial charge in [0.1, 0.15) is 6.54 Å². The first-order chi connectivity index (χ1) is 9.76. The fraction of sp³-hybridized carbons (Fsp3) is 0.286. The maximum absolute atomic E-state index is 11.3. The van der Waals surface area contributed by atoms with Crippen LogP contribution in [-0.4, -0.2) is 28.5 Å². The number of nitrogens with one attached hydrogen (secondary N) is 2. The summed E-state index contributed by atoms with van der Waals surface area (Å²) >= 11 is 1.86. The van der Waals surface area contributed by atoms with E-state index in [1.165, 1.54) is 10.5 Å². The summed E-state index contributed by atoms with van der Waals surface area (Å²) in [5, 5.41) is 10.2. The second kappa shape index (κ2) is 5.58. The third-order valence-electron chi connectivity index (χ3n) is 3.26. The normalized spacial score (nSPS) is 16.8. The Bertz CT molecular complexity index is 625. The maximum atomic E-state index is 11.3. The molecular formula is C14H16N4OS. The molecule has 1 atom stereocenters. The molecule has 6 heteroatoms. The van der Waals surface area contributed by atoms with Gasteiger partial charge in [0.05, 0.1) is 17.9 Å². The van der Waals surface area contributed by atoms with Crippen molar-refractivity contribution in [3.05, 3.63) is 42.2 Å². The average Bonchev–Trinajstić information content (AvgIpc) is 3.07. The van der Waals surface area contributed by atoms with Crippen LogP contribution in [0.2, 0.25) is 0 Å². The number of carbonyl (C=O) groups is 1. The molecule has 1 aliphatic rings. The van der Waals surface area contributed by atoms with Gasteiger partial charge in [0.25, 0.3) is 0 Å². The van der Waals surface area contributed by atoms with E-state index in [4.69, 9.17) is 0 Å². The minimum absolute atomic E-state index is 0.0542. The summed E-state index contributed by atoms with van der Waals surface area (Å²) < 4.78 is 1.63. The Kier molecular flexibility index (Phi) is 3.64. The lowest BCUT2D eigenvalue weighted by Crippen LogP contribution is -2.23. The molecule has 0 radical (unpaired) electrons. The number of thioether (sulfide) groups is 1. The molecule has 0 spiro atoms. The first kappa shape index (κ1) is 13.1. The molecule has 0 aliphatic carbocycles. The van der Waals surface area contributed by atoms with Crippen LogP contribution in [0.1, 0.15) is 11.6 Å². The largest absolute Gasteiger partial charge is 0.375 e. The quantitative estimate of drug-likeness (QED) is 0.902. The van der Waals surface area contributed by atoms with Crippen LogP contribution < -0.4 is 10.6 Å². The molecule has 0 saturated carbocycles. The highest BCUT2D eigenvalue weighted by Crippen LogP contribution is 2.39. The molecule has 1 aliphatic heterocycles. The molecule has 1 aromatic carbocycles. The minimum atomic E-state index is -0.0542. The van der Waals surface area contributed by atoms with Crippen molar-refractivity contribution in [2.24, 2.45) is 0 Å². The zero-order valence-electron chi connectivity index (χ0n) is 11.2. The van der Waals surface area contributed by atoms with E-state index < -0.39 is 0 Å². The summed E-state index contributed by atoms with van der Waals surface area (Å²) in [5.41, 5.74) is 2.27. The van der Waals surface area contributed by atoms with Crippen LogP contribution in [0.3, 0.4) is 0 Å². The van der Waals surface area contributed by atoms with Gasteiger partial charge >= 0.3 is 0 Å². The molecule has 104 valence electrons. The van der Waals surface area contributed by atoms with Gasteiger partial charge in [-0.25, -0.2) is 0 Å². The van der Waals surface area contributed by atoms with Crippen LogP contribution in [0.15, 0.2) is 41.6 Å². The van der Waals surface area contributed by atoms with E-state index in [-0.39, 0.29) is 12.5 Å². The van der Waals surface area contributed by atoms with E-state index in [0.29, 0.717) is 6.04 Å². The van der Waals surface area contributed by atoms with E-state index in [0.717, 1.165) is 11.4 Å². The van der Waals surface area contributed by atoms with Crippen molar-refractivity contribution in [3.8, 4) is 0 Å². The second-order valence-corrected chi connectivity index (χ2v) is 5.71. The summed E-state index contributed by atoms with van der Waals surface area (Å²) in [6.45, 7) is 0.244. The first-order valence-corrected chi connectivity index (χ1v) is 7.46. The number of amides is 1. The van der Waals surface area contributed by atoms with Gasteiger partial charge in [-0.15, -0.1) is 11.8 Å². The third kappa shape index (κ3) is 2.65. The van der Waals surface area contributed by atoms with Crippen molar-refractivity contribution < 1.29 is 4.79 Å². The molecule has 3 rings (SSSR count). The number of benzene rings is 1. The monoisotopic (exact) mass is 288 g/mol. The third-order valence-corrected chi connectivity index (χ3v) is 4.44. The van der Waals surface area contributed by atoms with Gasteiger partial charge in [0.15, 0.2) is 0 Å². The second-order valence-electron chi connectivity index (χ2n) is 4.65. The molecule has 1 unspecified atom stereocenters. The molecule has 0 bridgehead atoms. The number of likely N-dealkylation sites (N-methyl/N-ethyl adjacent to an activating group) is 1. The summed E-state index contributed by atoms with van der Waals surface area (Å²) in [6, 6.07) is 8.73. The number of carbonyl (C=O) groups excluding carboxylic acids is 1. The van der Waals surface area contributed by atoms with Crippen molar-refractivity contribution >= 4 is 23.4 Å². The lowest BCUT2D eigenvalue weighted by molar-refractivity contribution is -0.121. The van der Waals surface area contributed by atoms with Crippen molar-refractivity contribution in [1.82, 2.24) is 15.1 Å². The summed E-state index contributed by atoms with van der Waals surface area (Å²) in [4.78, 5) is 12.6. The molecule has 1 amide bonds. The number of hydrogen-bond donors (Lipinski definition) is 2. The Hall–Kier alpha value is -1.95. The minimum Gasteiger partial charge on any atom is -0.375 e. The van der Waals surface area contributed by atoms with Crippen molar-refractivity contribution in [2.75, 3.05) is 18.1 Å². The van der Waals surface area contributed by atoms with E-state index in [9.17, 15) is 4.79 Å². The smallest absolute Gasteiger partial charge is 0.241 e. The maximum Gasteiger partial charge on any atom is 0.241 e. The average molecular weight is 288 g/mol. The topological polar surface area (TPSA) is 59.0 Å². The Labute approximate surface area is 121 Å². The van der Waals surface area contributed by atoms with Crippen LogP contribution in [-0.2, 0) is 11.3 Å². The highest BCUT2D eigenvalue weighted by atomic mass is 32.2. The van der Waals surface area contributed by atoms with Crippen molar-refractivity contribution in [1.29, 1.82) is 0 Å². The lowest BCUT2D eigenvalue weighted by Gasteiger charge is -2.12. The van der Waals surface area contributed by atoms with E-state index in [1.807, 2.05) is 18.0 Å². The predicted octanol–water partition coefficient (Wildman–Crippen LogP) is 1.89. The molecule has 0 fully saturated rings. The van der Waals surface area contributed by atoms with E-state index >= 15 is 0 Å². The number of fused-ring (bicyclic) bond motifs is 1.